The summed E-state index contributed by atoms with van der Waals surface area (Å²) in [5.41, 5.74) is 2.43. The van der Waals surface area contributed by atoms with Gasteiger partial charge in [0, 0.05) is 30.4 Å². The number of ether oxygens (including phenoxy) is 1. The molecule has 0 amide bonds. The van der Waals surface area contributed by atoms with Crippen molar-refractivity contribution >= 4 is 21.4 Å². The van der Waals surface area contributed by atoms with E-state index in [9.17, 15) is 18.5 Å². The van der Waals surface area contributed by atoms with Crippen molar-refractivity contribution in [3.05, 3.63) is 76.5 Å². The van der Waals surface area contributed by atoms with Crippen LogP contribution in [0.4, 0.5) is 11.4 Å². The van der Waals surface area contributed by atoms with Crippen LogP contribution in [0.1, 0.15) is 5.56 Å². The molecule has 1 aliphatic heterocycles. The van der Waals surface area contributed by atoms with Crippen molar-refractivity contribution in [2.75, 3.05) is 18.0 Å². The molecule has 0 saturated heterocycles. The van der Waals surface area contributed by atoms with Gasteiger partial charge in [-0.15, -0.1) is 0 Å². The maximum Gasteiger partial charge on any atom is 0.269 e. The van der Waals surface area contributed by atoms with Crippen LogP contribution in [0, 0.1) is 10.1 Å². The van der Waals surface area contributed by atoms with Crippen molar-refractivity contribution < 1.29 is 18.1 Å². The fourth-order valence-electron chi connectivity index (χ4n) is 3.38. The molecule has 2 aromatic carbocycles. The predicted octanol–water partition coefficient (Wildman–Crippen LogP) is 3.42. The summed E-state index contributed by atoms with van der Waals surface area (Å²) in [6.45, 7) is 0.301. The molecular formula is C20H17N3O5S. The van der Waals surface area contributed by atoms with Gasteiger partial charge in [-0.05, 0) is 54.4 Å². The lowest BCUT2D eigenvalue weighted by Crippen LogP contribution is -2.29. The molecule has 0 atom stereocenters. The van der Waals surface area contributed by atoms with E-state index in [0.717, 1.165) is 5.56 Å². The van der Waals surface area contributed by atoms with Gasteiger partial charge < -0.3 is 4.74 Å². The van der Waals surface area contributed by atoms with Crippen LogP contribution < -0.4 is 9.04 Å². The van der Waals surface area contributed by atoms with E-state index in [1.54, 1.807) is 36.5 Å². The van der Waals surface area contributed by atoms with Gasteiger partial charge in [0.15, 0.2) is 0 Å². The fraction of sp³-hybridized carbons (Fsp3) is 0.150. The number of methoxy groups -OCH3 is 1. The monoisotopic (exact) mass is 411 g/mol. The topological polar surface area (TPSA) is 103 Å². The van der Waals surface area contributed by atoms with Gasteiger partial charge in [-0.25, -0.2) is 8.42 Å². The summed E-state index contributed by atoms with van der Waals surface area (Å²) in [4.78, 5) is 15.0. The Labute approximate surface area is 167 Å². The Bertz CT molecular complexity index is 1180. The van der Waals surface area contributed by atoms with Gasteiger partial charge in [0.05, 0.1) is 28.3 Å². The van der Waals surface area contributed by atoms with E-state index in [1.165, 1.54) is 35.7 Å². The third-order valence-corrected chi connectivity index (χ3v) is 6.65. The van der Waals surface area contributed by atoms with Gasteiger partial charge in [-0.2, -0.15) is 0 Å². The molecule has 3 aromatic rings. The summed E-state index contributed by atoms with van der Waals surface area (Å²) < 4.78 is 33.0. The number of hydrogen-bond donors (Lipinski definition) is 0. The summed E-state index contributed by atoms with van der Waals surface area (Å²) in [5.74, 6) is 0.569. The number of nitrogens with zero attached hydrogens (tertiary/aromatic N) is 3. The van der Waals surface area contributed by atoms with E-state index >= 15 is 0 Å². The lowest BCUT2D eigenvalue weighted by molar-refractivity contribution is -0.384. The summed E-state index contributed by atoms with van der Waals surface area (Å²) in [7, 11) is -2.28. The first-order valence-corrected chi connectivity index (χ1v) is 10.3. The van der Waals surface area contributed by atoms with Crippen LogP contribution in [0.3, 0.4) is 0 Å². The SMILES string of the molecule is COc1ccc(S(=O)(=O)N2CCc3ccnc(-c4ccc([N+](=O)[O-])cc4)c32)cc1. The smallest absolute Gasteiger partial charge is 0.269 e. The quantitative estimate of drug-likeness (QED) is 0.471. The first kappa shape index (κ1) is 18.9. The molecule has 0 bridgehead atoms. The van der Waals surface area contributed by atoms with Crippen molar-refractivity contribution in [1.82, 2.24) is 4.98 Å². The van der Waals surface area contributed by atoms with Crippen LogP contribution in [-0.4, -0.2) is 32.0 Å². The van der Waals surface area contributed by atoms with Crippen LogP contribution >= 0.6 is 0 Å². The molecule has 2 heterocycles. The van der Waals surface area contributed by atoms with Crippen molar-refractivity contribution in [2.24, 2.45) is 0 Å². The van der Waals surface area contributed by atoms with Gasteiger partial charge >= 0.3 is 0 Å². The Balaban J connectivity index is 1.79. The molecule has 4 rings (SSSR count). The van der Waals surface area contributed by atoms with E-state index in [0.29, 0.717) is 35.7 Å². The molecule has 0 spiro atoms. The first-order chi connectivity index (χ1) is 13.9. The lowest BCUT2D eigenvalue weighted by atomic mass is 10.1. The zero-order chi connectivity index (χ0) is 20.6. The molecule has 0 N–H and O–H groups in total. The van der Waals surface area contributed by atoms with E-state index < -0.39 is 14.9 Å². The summed E-state index contributed by atoms with van der Waals surface area (Å²) in [6, 6.07) is 13.9. The highest BCUT2D eigenvalue weighted by atomic mass is 32.2. The van der Waals surface area contributed by atoms with Gasteiger partial charge in [-0.1, -0.05) is 0 Å². The number of hydrogen-bond acceptors (Lipinski definition) is 6. The maximum absolute atomic E-state index is 13.3. The van der Waals surface area contributed by atoms with Gasteiger partial charge in [0.25, 0.3) is 15.7 Å². The summed E-state index contributed by atoms with van der Waals surface area (Å²) >= 11 is 0. The number of aromatic nitrogens is 1. The average molecular weight is 411 g/mol. The largest absolute Gasteiger partial charge is 0.497 e. The molecule has 29 heavy (non-hydrogen) atoms. The molecular weight excluding hydrogens is 394 g/mol. The van der Waals surface area contributed by atoms with Crippen molar-refractivity contribution in [1.29, 1.82) is 0 Å². The second-order valence-corrected chi connectivity index (χ2v) is 8.34. The Hall–Kier alpha value is -3.46. The van der Waals surface area contributed by atoms with E-state index in [2.05, 4.69) is 4.98 Å². The van der Waals surface area contributed by atoms with Crippen molar-refractivity contribution in [3.63, 3.8) is 0 Å². The molecule has 8 nitrogen and oxygen atoms in total. The maximum atomic E-state index is 13.3. The molecule has 0 aliphatic carbocycles. The number of rotatable bonds is 5. The number of nitro benzene ring substituents is 1. The third kappa shape index (κ3) is 3.29. The molecule has 1 aromatic heterocycles. The second-order valence-electron chi connectivity index (χ2n) is 6.47. The minimum atomic E-state index is -3.80. The molecule has 1 aliphatic rings. The minimum absolute atomic E-state index is 0.0379. The Morgan fingerprint density at radius 2 is 1.76 bits per heavy atom. The standard InChI is InChI=1S/C20H17N3O5S/c1-28-17-6-8-18(9-7-17)29(26,27)22-13-11-15-10-12-21-19(20(15)22)14-2-4-16(5-3-14)23(24)25/h2-10,12H,11,13H2,1H3. The summed E-state index contributed by atoms with van der Waals surface area (Å²) in [5, 5.41) is 10.9. The minimum Gasteiger partial charge on any atom is -0.497 e. The summed E-state index contributed by atoms with van der Waals surface area (Å²) in [6.07, 6.45) is 2.19. The molecule has 9 heteroatoms. The van der Waals surface area contributed by atoms with E-state index in [4.69, 9.17) is 4.74 Å². The van der Waals surface area contributed by atoms with Crippen LogP contribution in [0.2, 0.25) is 0 Å². The van der Waals surface area contributed by atoms with Crippen LogP contribution in [-0.2, 0) is 16.4 Å². The number of nitro groups is 1. The highest BCUT2D eigenvalue weighted by Crippen LogP contribution is 2.40. The molecule has 0 fully saturated rings. The third-order valence-electron chi connectivity index (χ3n) is 4.84. The van der Waals surface area contributed by atoms with E-state index in [-0.39, 0.29) is 10.6 Å². The number of non-ortho nitro benzene ring substituents is 1. The lowest BCUT2D eigenvalue weighted by Gasteiger charge is -2.22. The Morgan fingerprint density at radius 1 is 1.07 bits per heavy atom. The highest BCUT2D eigenvalue weighted by Gasteiger charge is 2.33. The number of sulfonamides is 1. The Kier molecular flexibility index (Phi) is 4.67. The zero-order valence-corrected chi connectivity index (χ0v) is 16.3. The van der Waals surface area contributed by atoms with Crippen LogP contribution in [0.5, 0.6) is 5.75 Å². The second kappa shape index (κ2) is 7.17. The van der Waals surface area contributed by atoms with Crippen molar-refractivity contribution in [3.8, 4) is 17.0 Å². The zero-order valence-electron chi connectivity index (χ0n) is 15.5. The van der Waals surface area contributed by atoms with Gasteiger partial charge in [0.2, 0.25) is 0 Å². The fourth-order valence-corrected chi connectivity index (χ4v) is 4.89. The molecule has 148 valence electrons. The average Bonchev–Trinajstić information content (AvgIpc) is 3.19. The number of benzene rings is 2. The van der Waals surface area contributed by atoms with Crippen LogP contribution in [0.25, 0.3) is 11.3 Å². The van der Waals surface area contributed by atoms with E-state index in [1.807, 2.05) is 0 Å². The number of fused-ring (bicyclic) bond motifs is 1. The highest BCUT2D eigenvalue weighted by molar-refractivity contribution is 7.92. The molecule has 0 saturated carbocycles. The number of anilines is 1. The van der Waals surface area contributed by atoms with Gasteiger partial charge in [0.1, 0.15) is 5.75 Å². The van der Waals surface area contributed by atoms with Gasteiger partial charge in [-0.3, -0.25) is 19.4 Å². The van der Waals surface area contributed by atoms with Crippen molar-refractivity contribution in [2.45, 2.75) is 11.3 Å². The number of pyridine rings is 1. The molecule has 0 unspecified atom stereocenters. The van der Waals surface area contributed by atoms with Crippen LogP contribution in [0.15, 0.2) is 65.7 Å². The Morgan fingerprint density at radius 3 is 2.38 bits per heavy atom. The first-order valence-electron chi connectivity index (χ1n) is 8.81. The predicted molar refractivity (Wildman–Crippen MR) is 108 cm³/mol. The molecule has 0 radical (unpaired) electrons. The normalized spacial score (nSPS) is 13.2.